The van der Waals surface area contributed by atoms with Crippen molar-refractivity contribution in [2.75, 3.05) is 13.1 Å². The van der Waals surface area contributed by atoms with Crippen molar-refractivity contribution in [3.05, 3.63) is 21.7 Å². The normalized spacial score (nSPS) is 35.7. The SMILES string of the molecule is C/C(=C\c1csc(C)n1)C1CC2[C@@H](CCC[C@H](C)[C@H](O)[C@@H](C)C(=O)C(C)(C)[C@@H](O)CC(=O)O1)N2S(=O)(=O)N1CCCCC1. The first-order valence-corrected chi connectivity index (χ1v) is 17.9. The van der Waals surface area contributed by atoms with Crippen LogP contribution >= 0.6 is 11.3 Å². The lowest BCUT2D eigenvalue weighted by molar-refractivity contribution is -0.154. The highest BCUT2D eigenvalue weighted by Crippen LogP contribution is 2.43. The van der Waals surface area contributed by atoms with Crippen molar-refractivity contribution in [1.29, 1.82) is 0 Å². The Morgan fingerprint density at radius 1 is 1.09 bits per heavy atom. The highest BCUT2D eigenvalue weighted by molar-refractivity contribution is 7.87. The molecule has 0 amide bonds. The van der Waals surface area contributed by atoms with Crippen LogP contribution in [0.25, 0.3) is 6.08 Å². The smallest absolute Gasteiger partial charge is 0.309 e. The number of esters is 1. The average molecular weight is 640 g/mol. The third-order valence-electron chi connectivity index (χ3n) is 9.66. The second-order valence-corrected chi connectivity index (χ2v) is 16.2. The first kappa shape index (κ1) is 34.2. The maximum Gasteiger partial charge on any atom is 0.309 e. The molecule has 242 valence electrons. The Balaban J connectivity index is 1.66. The number of Topliss-reactive ketones (excluding diaryl/α,β-unsaturated/α-hetero) is 1. The lowest BCUT2D eigenvalue weighted by atomic mass is 9.73. The van der Waals surface area contributed by atoms with Crippen molar-refractivity contribution in [2.45, 2.75) is 123 Å². The number of hydrogen-bond acceptors (Lipinski definition) is 9. The van der Waals surface area contributed by atoms with Gasteiger partial charge in [-0.15, -0.1) is 11.3 Å². The summed E-state index contributed by atoms with van der Waals surface area (Å²) in [6.45, 7) is 11.5. The highest BCUT2D eigenvalue weighted by Gasteiger charge is 2.57. The van der Waals surface area contributed by atoms with Gasteiger partial charge in [0.15, 0.2) is 0 Å². The summed E-state index contributed by atoms with van der Waals surface area (Å²) in [5.74, 6) is -1.93. The number of rotatable bonds is 4. The van der Waals surface area contributed by atoms with Crippen molar-refractivity contribution in [3.8, 4) is 0 Å². The van der Waals surface area contributed by atoms with E-state index < -0.39 is 52.2 Å². The van der Waals surface area contributed by atoms with E-state index in [1.54, 1.807) is 29.4 Å². The van der Waals surface area contributed by atoms with Crippen LogP contribution in [0.3, 0.4) is 0 Å². The van der Waals surface area contributed by atoms with Gasteiger partial charge in [0, 0.05) is 42.9 Å². The van der Waals surface area contributed by atoms with Crippen molar-refractivity contribution in [2.24, 2.45) is 17.3 Å². The number of cyclic esters (lactones) is 1. The molecule has 3 fully saturated rings. The number of aliphatic hydroxyl groups excluding tert-OH is 2. The summed E-state index contributed by atoms with van der Waals surface area (Å²) in [7, 11) is -3.69. The minimum Gasteiger partial charge on any atom is -0.458 e. The molecule has 12 heteroatoms. The second-order valence-electron chi connectivity index (χ2n) is 13.3. The van der Waals surface area contributed by atoms with Crippen molar-refractivity contribution in [3.63, 3.8) is 0 Å². The first-order valence-electron chi connectivity index (χ1n) is 15.6. The average Bonchev–Trinajstić information content (AvgIpc) is 3.50. The fraction of sp³-hybridized carbons (Fsp3) is 0.774. The molecule has 10 nitrogen and oxygen atoms in total. The molecule has 3 unspecified atom stereocenters. The van der Waals surface area contributed by atoms with Gasteiger partial charge in [-0.05, 0) is 57.1 Å². The summed E-state index contributed by atoms with van der Waals surface area (Å²) in [6.07, 6.45) is 3.36. The lowest BCUT2D eigenvalue weighted by Gasteiger charge is -2.34. The second kappa shape index (κ2) is 13.7. The van der Waals surface area contributed by atoms with Crippen molar-refractivity contribution in [1.82, 2.24) is 13.6 Å². The van der Waals surface area contributed by atoms with Gasteiger partial charge in [-0.2, -0.15) is 17.0 Å². The Bertz CT molecular complexity index is 1290. The third kappa shape index (κ3) is 7.76. The number of aryl methyl sites for hydroxylation is 1. The van der Waals surface area contributed by atoms with E-state index in [2.05, 4.69) is 4.98 Å². The van der Waals surface area contributed by atoms with Gasteiger partial charge in [-0.25, -0.2) is 4.98 Å². The third-order valence-corrected chi connectivity index (χ3v) is 12.5. The van der Waals surface area contributed by atoms with Crippen LogP contribution in [0.4, 0.5) is 0 Å². The van der Waals surface area contributed by atoms with E-state index in [0.717, 1.165) is 35.5 Å². The van der Waals surface area contributed by atoms with Crippen LogP contribution in [-0.4, -0.2) is 87.5 Å². The van der Waals surface area contributed by atoms with Crippen LogP contribution in [0.1, 0.15) is 96.7 Å². The molecule has 0 aliphatic carbocycles. The Kier molecular flexibility index (Phi) is 10.9. The first-order chi connectivity index (χ1) is 20.1. The van der Waals surface area contributed by atoms with E-state index in [-0.39, 0.29) is 30.2 Å². The monoisotopic (exact) mass is 639 g/mol. The maximum atomic E-state index is 13.8. The van der Waals surface area contributed by atoms with Gasteiger partial charge in [0.25, 0.3) is 10.2 Å². The highest BCUT2D eigenvalue weighted by atomic mass is 32.2. The van der Waals surface area contributed by atoms with E-state index in [1.807, 2.05) is 32.2 Å². The molecule has 0 saturated carbocycles. The predicted molar refractivity (Wildman–Crippen MR) is 166 cm³/mol. The van der Waals surface area contributed by atoms with Crippen LogP contribution in [0.15, 0.2) is 11.0 Å². The van der Waals surface area contributed by atoms with Gasteiger partial charge in [-0.1, -0.05) is 40.5 Å². The van der Waals surface area contributed by atoms with E-state index in [1.165, 1.54) is 11.3 Å². The quantitative estimate of drug-likeness (QED) is 0.371. The van der Waals surface area contributed by atoms with Gasteiger partial charge in [-0.3, -0.25) is 9.59 Å². The fourth-order valence-corrected chi connectivity index (χ4v) is 9.28. The van der Waals surface area contributed by atoms with E-state index >= 15 is 0 Å². The molecule has 0 bridgehead atoms. The van der Waals surface area contributed by atoms with E-state index in [0.29, 0.717) is 32.4 Å². The minimum atomic E-state index is -3.69. The van der Waals surface area contributed by atoms with Crippen molar-refractivity contribution >= 4 is 39.4 Å². The molecule has 4 heterocycles. The van der Waals surface area contributed by atoms with E-state index in [4.69, 9.17) is 4.74 Å². The molecule has 0 radical (unpaired) electrons. The summed E-state index contributed by atoms with van der Waals surface area (Å²) in [6, 6.07) is -0.594. The molecular formula is C31H49N3O7S2. The van der Waals surface area contributed by atoms with Crippen molar-refractivity contribution < 1.29 is 33.0 Å². The Labute approximate surface area is 260 Å². The Hall–Kier alpha value is -1.70. The molecule has 0 spiro atoms. The number of thiazole rings is 1. The van der Waals surface area contributed by atoms with Crippen LogP contribution < -0.4 is 0 Å². The molecule has 4 rings (SSSR count). The molecule has 3 aliphatic rings. The Morgan fingerprint density at radius 2 is 1.77 bits per heavy atom. The summed E-state index contributed by atoms with van der Waals surface area (Å²) in [5.41, 5.74) is 0.188. The van der Waals surface area contributed by atoms with Crippen LogP contribution in [0.5, 0.6) is 0 Å². The number of carbonyl (C=O) groups is 2. The molecule has 1 aromatic rings. The van der Waals surface area contributed by atoms with Gasteiger partial charge in [0.1, 0.15) is 11.9 Å². The molecule has 2 N–H and O–H groups in total. The number of hydrogen-bond donors (Lipinski definition) is 2. The zero-order valence-electron chi connectivity index (χ0n) is 26.4. The number of nitrogens with zero attached hydrogens (tertiary/aromatic N) is 3. The predicted octanol–water partition coefficient (Wildman–Crippen LogP) is 4.10. The number of aliphatic hydroxyl groups is 2. The number of fused-ring (bicyclic) bond motifs is 1. The number of carbonyl (C=O) groups excluding carboxylic acids is 2. The Morgan fingerprint density at radius 3 is 2.40 bits per heavy atom. The number of piperidine rings is 1. The number of aromatic nitrogens is 1. The van der Waals surface area contributed by atoms with Crippen LogP contribution in [0, 0.1) is 24.2 Å². The number of ketones is 1. The summed E-state index contributed by atoms with van der Waals surface area (Å²) in [5, 5.41) is 24.9. The van der Waals surface area contributed by atoms with Gasteiger partial charge >= 0.3 is 5.97 Å². The minimum absolute atomic E-state index is 0.200. The van der Waals surface area contributed by atoms with E-state index in [9.17, 15) is 28.2 Å². The molecule has 1 aromatic heterocycles. The molecule has 3 aliphatic heterocycles. The molecule has 8 atom stereocenters. The lowest BCUT2D eigenvalue weighted by Crippen LogP contribution is -2.45. The van der Waals surface area contributed by atoms with Gasteiger partial charge in [0.2, 0.25) is 0 Å². The van der Waals surface area contributed by atoms with Crippen LogP contribution in [0.2, 0.25) is 0 Å². The number of ether oxygens (including phenoxy) is 1. The largest absolute Gasteiger partial charge is 0.458 e. The zero-order valence-corrected chi connectivity index (χ0v) is 28.0. The molecule has 43 heavy (non-hydrogen) atoms. The summed E-state index contributed by atoms with van der Waals surface area (Å²) < 4.78 is 36.7. The maximum absolute atomic E-state index is 13.8. The van der Waals surface area contributed by atoms with Crippen LogP contribution in [-0.2, 0) is 24.5 Å². The topological polar surface area (TPSA) is 137 Å². The summed E-state index contributed by atoms with van der Waals surface area (Å²) in [4.78, 5) is 31.2. The molecule has 0 aromatic carbocycles. The molecule has 3 saturated heterocycles. The fourth-order valence-electron chi connectivity index (χ4n) is 6.62. The van der Waals surface area contributed by atoms with Gasteiger partial charge < -0.3 is 14.9 Å². The molecular weight excluding hydrogens is 590 g/mol. The van der Waals surface area contributed by atoms with Gasteiger partial charge in [0.05, 0.1) is 34.7 Å². The summed E-state index contributed by atoms with van der Waals surface area (Å²) >= 11 is 1.51. The standard InChI is InChI=1S/C31H49N3O7S2/c1-19-11-10-12-24-25(34(24)43(39,40)33-13-8-7-9-14-33)16-26(20(2)15-23-18-42-22(4)32-23)41-28(36)17-27(35)31(5,6)30(38)21(3)29(19)37/h15,18-19,21,24-27,29,35,37H,7-14,16-17H2,1-6H3/b20-15+/t19-,21+,24+,25?,26?,27-,29-,34?/m0/s1. The zero-order chi connectivity index (χ0) is 31.7.